The lowest BCUT2D eigenvalue weighted by molar-refractivity contribution is 0.0791. The van der Waals surface area contributed by atoms with Gasteiger partial charge in [-0.3, -0.25) is 14.3 Å². The summed E-state index contributed by atoms with van der Waals surface area (Å²) in [5.41, 5.74) is 10.4. The molecule has 5 rings (SSSR count). The highest BCUT2D eigenvalue weighted by atomic mass is 32.2. The van der Waals surface area contributed by atoms with Gasteiger partial charge in [0.05, 0.1) is 11.2 Å². The fourth-order valence-corrected chi connectivity index (χ4v) is 4.69. The van der Waals surface area contributed by atoms with Gasteiger partial charge in [-0.15, -0.1) is 11.8 Å². The molecular weight excluding hydrogens is 420 g/mol. The lowest BCUT2D eigenvalue weighted by atomic mass is 10.1. The summed E-state index contributed by atoms with van der Waals surface area (Å²) in [6.07, 6.45) is 10.3. The maximum atomic E-state index is 13.0. The summed E-state index contributed by atoms with van der Waals surface area (Å²) in [7, 11) is 0. The summed E-state index contributed by atoms with van der Waals surface area (Å²) in [6, 6.07) is 9.86. The van der Waals surface area contributed by atoms with Gasteiger partial charge in [-0.05, 0) is 49.4 Å². The van der Waals surface area contributed by atoms with Crippen LogP contribution in [0.2, 0.25) is 0 Å². The molecule has 32 heavy (non-hydrogen) atoms. The Labute approximate surface area is 190 Å². The Morgan fingerprint density at radius 2 is 1.97 bits per heavy atom. The number of fused-ring (bicyclic) bond motifs is 1. The molecule has 0 radical (unpaired) electrons. The summed E-state index contributed by atoms with van der Waals surface area (Å²) in [5, 5.41) is 1.07. The van der Waals surface area contributed by atoms with E-state index >= 15 is 0 Å². The zero-order valence-electron chi connectivity index (χ0n) is 18.0. The van der Waals surface area contributed by atoms with Crippen LogP contribution in [0.3, 0.4) is 0 Å². The van der Waals surface area contributed by atoms with Crippen LogP contribution < -0.4 is 5.73 Å². The van der Waals surface area contributed by atoms with E-state index in [4.69, 9.17) is 5.73 Å². The van der Waals surface area contributed by atoms with Crippen LogP contribution in [0.4, 0.5) is 0 Å². The molecule has 3 aromatic heterocycles. The highest BCUT2D eigenvalue weighted by Crippen LogP contribution is 2.31. The Morgan fingerprint density at radius 1 is 1.16 bits per heavy atom. The smallest absolute Gasteiger partial charge is 0.253 e. The van der Waals surface area contributed by atoms with Gasteiger partial charge in [0, 0.05) is 65.3 Å². The number of carbonyl (C=O) groups is 1. The van der Waals surface area contributed by atoms with Crippen molar-refractivity contribution < 1.29 is 4.79 Å². The van der Waals surface area contributed by atoms with Crippen LogP contribution in [0, 0.1) is 6.92 Å². The van der Waals surface area contributed by atoms with Crippen molar-refractivity contribution in [3.8, 4) is 17.2 Å². The third kappa shape index (κ3) is 3.76. The monoisotopic (exact) mass is 444 g/mol. The number of carbonyl (C=O) groups excluding carboxylic acids is 1. The van der Waals surface area contributed by atoms with Crippen LogP contribution in [-0.2, 0) is 0 Å². The van der Waals surface area contributed by atoms with E-state index in [-0.39, 0.29) is 11.9 Å². The molecule has 8 heteroatoms. The lowest BCUT2D eigenvalue weighted by Gasteiger charge is -2.16. The minimum Gasteiger partial charge on any atom is -0.337 e. The molecule has 1 atom stereocenters. The molecule has 0 saturated carbocycles. The predicted octanol–water partition coefficient (Wildman–Crippen LogP) is 3.69. The Morgan fingerprint density at radius 3 is 2.66 bits per heavy atom. The Bertz CT molecular complexity index is 1300. The first-order valence-corrected chi connectivity index (χ1v) is 11.8. The second-order valence-electron chi connectivity index (χ2n) is 8.09. The second-order valence-corrected chi connectivity index (χ2v) is 8.94. The highest BCUT2D eigenvalue weighted by Gasteiger charge is 2.25. The van der Waals surface area contributed by atoms with E-state index in [0.717, 1.165) is 39.0 Å². The van der Waals surface area contributed by atoms with E-state index in [0.29, 0.717) is 24.6 Å². The molecule has 0 spiro atoms. The van der Waals surface area contributed by atoms with Crippen LogP contribution in [0.1, 0.15) is 22.3 Å². The molecule has 1 aliphatic heterocycles. The van der Waals surface area contributed by atoms with Crippen LogP contribution in [0.5, 0.6) is 0 Å². The molecule has 1 aliphatic rings. The van der Waals surface area contributed by atoms with Crippen molar-refractivity contribution in [3.05, 3.63) is 66.2 Å². The number of nitrogens with two attached hydrogens (primary N) is 1. The number of thioether (sulfide) groups is 1. The molecule has 1 aromatic carbocycles. The molecule has 0 aliphatic carbocycles. The van der Waals surface area contributed by atoms with Crippen molar-refractivity contribution in [3.63, 3.8) is 0 Å². The van der Waals surface area contributed by atoms with Crippen molar-refractivity contribution >= 4 is 28.6 Å². The van der Waals surface area contributed by atoms with E-state index in [1.807, 2.05) is 59.2 Å². The van der Waals surface area contributed by atoms with Gasteiger partial charge in [-0.2, -0.15) is 0 Å². The lowest BCUT2D eigenvalue weighted by Crippen LogP contribution is -2.31. The topological polar surface area (TPSA) is 89.9 Å². The highest BCUT2D eigenvalue weighted by molar-refractivity contribution is 7.98. The molecule has 0 bridgehead atoms. The fraction of sp³-hybridized carbons (Fsp3) is 0.250. The van der Waals surface area contributed by atoms with Crippen molar-refractivity contribution in [1.29, 1.82) is 0 Å². The Hall–Kier alpha value is -3.23. The van der Waals surface area contributed by atoms with Gasteiger partial charge in [0.2, 0.25) is 5.95 Å². The number of hydrogen-bond donors (Lipinski definition) is 1. The molecule has 4 aromatic rings. The van der Waals surface area contributed by atoms with Crippen LogP contribution in [0.15, 0.2) is 60.0 Å². The van der Waals surface area contributed by atoms with Gasteiger partial charge in [0.25, 0.3) is 5.91 Å². The average molecular weight is 445 g/mol. The number of aryl methyl sites for hydroxylation is 1. The van der Waals surface area contributed by atoms with Crippen molar-refractivity contribution in [2.24, 2.45) is 5.73 Å². The normalized spacial score (nSPS) is 16.1. The molecule has 2 N–H and O–H groups in total. The van der Waals surface area contributed by atoms with Crippen molar-refractivity contribution in [1.82, 2.24) is 24.4 Å². The molecule has 7 nitrogen and oxygen atoms in total. The van der Waals surface area contributed by atoms with Crippen LogP contribution >= 0.6 is 11.8 Å². The van der Waals surface area contributed by atoms with Crippen LogP contribution in [0.25, 0.3) is 28.1 Å². The predicted molar refractivity (Wildman–Crippen MR) is 127 cm³/mol. The Kier molecular flexibility index (Phi) is 5.40. The number of amides is 1. The minimum atomic E-state index is 0.0140. The van der Waals surface area contributed by atoms with Crippen molar-refractivity contribution in [2.75, 3.05) is 19.3 Å². The van der Waals surface area contributed by atoms with Gasteiger partial charge in [0.1, 0.15) is 0 Å². The van der Waals surface area contributed by atoms with Gasteiger partial charge in [-0.1, -0.05) is 6.07 Å². The molecule has 162 valence electrons. The first-order chi connectivity index (χ1) is 15.5. The number of nitrogens with zero attached hydrogens (tertiary/aromatic N) is 5. The quantitative estimate of drug-likeness (QED) is 0.483. The maximum Gasteiger partial charge on any atom is 0.253 e. The number of benzene rings is 1. The maximum absolute atomic E-state index is 13.0. The number of pyridine rings is 1. The zero-order chi connectivity index (χ0) is 22.2. The van der Waals surface area contributed by atoms with Gasteiger partial charge >= 0.3 is 0 Å². The van der Waals surface area contributed by atoms with Gasteiger partial charge in [0.15, 0.2) is 0 Å². The van der Waals surface area contributed by atoms with E-state index < -0.39 is 0 Å². The molecule has 1 fully saturated rings. The third-order valence-electron chi connectivity index (χ3n) is 5.81. The van der Waals surface area contributed by atoms with Crippen LogP contribution in [-0.4, -0.2) is 55.7 Å². The summed E-state index contributed by atoms with van der Waals surface area (Å²) in [4.78, 5) is 29.6. The van der Waals surface area contributed by atoms with Crippen molar-refractivity contribution in [2.45, 2.75) is 24.3 Å². The number of aromatic nitrogens is 4. The third-order valence-corrected chi connectivity index (χ3v) is 6.58. The van der Waals surface area contributed by atoms with E-state index in [2.05, 4.69) is 15.0 Å². The standard InChI is InChI=1S/C24H24N6OS/c1-15-5-7-26-20(9-15)17-11-27-24(28-12-17)30-14-22(32-2)19-4-3-16(10-21(19)30)23(31)29-8-6-18(25)13-29/h3-5,7,9-12,14,18H,6,8,13,25H2,1-2H3. The fourth-order valence-electron chi connectivity index (χ4n) is 4.08. The summed E-state index contributed by atoms with van der Waals surface area (Å²) in [5.74, 6) is 0.569. The summed E-state index contributed by atoms with van der Waals surface area (Å²) < 4.78 is 1.95. The Balaban J connectivity index is 1.53. The summed E-state index contributed by atoms with van der Waals surface area (Å²) >= 11 is 1.66. The second kappa shape index (κ2) is 8.37. The number of rotatable bonds is 4. The molecule has 1 saturated heterocycles. The average Bonchev–Trinajstić information content (AvgIpc) is 3.42. The molecule has 1 amide bonds. The minimum absolute atomic E-state index is 0.0140. The number of likely N-dealkylation sites (tertiary alicyclic amines) is 1. The van der Waals surface area contributed by atoms with Gasteiger partial charge in [-0.25, -0.2) is 9.97 Å². The van der Waals surface area contributed by atoms with Gasteiger partial charge < -0.3 is 10.6 Å². The molecule has 4 heterocycles. The zero-order valence-corrected chi connectivity index (χ0v) is 18.8. The van der Waals surface area contributed by atoms with E-state index in [9.17, 15) is 4.79 Å². The first-order valence-electron chi connectivity index (χ1n) is 10.5. The van der Waals surface area contributed by atoms with E-state index in [1.54, 1.807) is 30.4 Å². The van der Waals surface area contributed by atoms with E-state index in [1.165, 1.54) is 0 Å². The first kappa shape index (κ1) is 20.7. The summed E-state index contributed by atoms with van der Waals surface area (Å²) in [6.45, 7) is 3.34. The largest absolute Gasteiger partial charge is 0.337 e. The SMILES string of the molecule is CSc1cn(-c2ncc(-c3cc(C)ccn3)cn2)c2cc(C(=O)N3CCC(N)C3)ccc12. The molecule has 1 unspecified atom stereocenters. The molecular formula is C24H24N6OS. The number of hydrogen-bond acceptors (Lipinski definition) is 6.